The Balaban J connectivity index is 1.67. The second-order valence-corrected chi connectivity index (χ2v) is 5.91. The minimum absolute atomic E-state index is 0.0777. The Morgan fingerprint density at radius 1 is 1.35 bits per heavy atom. The largest absolute Gasteiger partial charge is 0.454 e. The molecule has 0 saturated heterocycles. The Kier molecular flexibility index (Phi) is 3.81. The maximum Gasteiger partial charge on any atom is 0.408 e. The summed E-state index contributed by atoms with van der Waals surface area (Å²) in [7, 11) is 0. The summed E-state index contributed by atoms with van der Waals surface area (Å²) in [6.45, 7) is 5.60. The van der Waals surface area contributed by atoms with Crippen LogP contribution in [0.25, 0.3) is 11.4 Å². The number of benzene rings is 1. The number of nitrogens with one attached hydrogen (secondary N) is 1. The first-order valence-corrected chi connectivity index (χ1v) is 7.11. The Morgan fingerprint density at radius 3 is 2.96 bits per heavy atom. The standard InChI is InChI=1S/C15H17N3O5/c1-15(2,3)22-14(19)16-7-11-17-13(18-23-11)9-5-4-6-10-12(9)21-8-20-10/h4-6H,7-8H2,1-3H3,(H,16,19). The number of carbonyl (C=O) groups excluding carboxylic acids is 1. The monoisotopic (exact) mass is 319 g/mol. The molecule has 0 fully saturated rings. The fraction of sp³-hybridized carbons (Fsp3) is 0.400. The molecular weight excluding hydrogens is 302 g/mol. The van der Waals surface area contributed by atoms with Gasteiger partial charge in [-0.05, 0) is 32.9 Å². The first-order valence-electron chi connectivity index (χ1n) is 7.11. The van der Waals surface area contributed by atoms with Gasteiger partial charge in [0.15, 0.2) is 11.5 Å². The van der Waals surface area contributed by atoms with Crippen molar-refractivity contribution in [3.05, 3.63) is 24.1 Å². The summed E-state index contributed by atoms with van der Waals surface area (Å²) in [5.41, 5.74) is 0.110. The van der Waals surface area contributed by atoms with Crippen LogP contribution in [0.4, 0.5) is 4.79 Å². The number of ether oxygens (including phenoxy) is 3. The minimum Gasteiger partial charge on any atom is -0.454 e. The molecule has 3 rings (SSSR count). The zero-order chi connectivity index (χ0) is 16.4. The molecule has 1 amide bonds. The van der Waals surface area contributed by atoms with Gasteiger partial charge in [-0.2, -0.15) is 4.98 Å². The Morgan fingerprint density at radius 2 is 2.17 bits per heavy atom. The number of fused-ring (bicyclic) bond motifs is 1. The van der Waals surface area contributed by atoms with Gasteiger partial charge in [-0.1, -0.05) is 11.2 Å². The van der Waals surface area contributed by atoms with Gasteiger partial charge in [0.05, 0.1) is 5.56 Å². The molecule has 0 atom stereocenters. The Labute approximate surface area is 132 Å². The summed E-state index contributed by atoms with van der Waals surface area (Å²) in [5.74, 6) is 1.86. The number of hydrogen-bond acceptors (Lipinski definition) is 7. The molecule has 122 valence electrons. The highest BCUT2D eigenvalue weighted by Crippen LogP contribution is 2.39. The molecule has 23 heavy (non-hydrogen) atoms. The van der Waals surface area contributed by atoms with Crippen LogP contribution in [0.3, 0.4) is 0 Å². The van der Waals surface area contributed by atoms with Gasteiger partial charge in [-0.3, -0.25) is 0 Å². The van der Waals surface area contributed by atoms with E-state index in [0.29, 0.717) is 22.9 Å². The van der Waals surface area contributed by atoms with E-state index in [1.807, 2.05) is 12.1 Å². The summed E-state index contributed by atoms with van der Waals surface area (Å²) in [6, 6.07) is 5.43. The number of alkyl carbamates (subject to hydrolysis) is 1. The molecule has 0 radical (unpaired) electrons. The van der Waals surface area contributed by atoms with Crippen LogP contribution in [-0.2, 0) is 11.3 Å². The van der Waals surface area contributed by atoms with Gasteiger partial charge in [-0.25, -0.2) is 4.79 Å². The molecule has 2 aromatic rings. The van der Waals surface area contributed by atoms with Gasteiger partial charge < -0.3 is 24.1 Å². The fourth-order valence-corrected chi connectivity index (χ4v) is 2.00. The van der Waals surface area contributed by atoms with Crippen LogP contribution < -0.4 is 14.8 Å². The fourth-order valence-electron chi connectivity index (χ4n) is 2.00. The molecule has 8 heteroatoms. The van der Waals surface area contributed by atoms with Crippen LogP contribution >= 0.6 is 0 Å². The number of hydrogen-bond donors (Lipinski definition) is 1. The van der Waals surface area contributed by atoms with Gasteiger partial charge in [0.1, 0.15) is 12.1 Å². The lowest BCUT2D eigenvalue weighted by atomic mass is 10.2. The number of carbonyl (C=O) groups is 1. The predicted molar refractivity (Wildman–Crippen MR) is 78.9 cm³/mol. The molecule has 0 aliphatic carbocycles. The van der Waals surface area contributed by atoms with E-state index < -0.39 is 11.7 Å². The van der Waals surface area contributed by atoms with Crippen molar-refractivity contribution in [1.29, 1.82) is 0 Å². The van der Waals surface area contributed by atoms with E-state index in [9.17, 15) is 4.79 Å². The molecule has 2 heterocycles. The van der Waals surface area contributed by atoms with Crippen molar-refractivity contribution in [3.8, 4) is 22.9 Å². The molecule has 0 unspecified atom stereocenters. The summed E-state index contributed by atoms with van der Waals surface area (Å²) in [4.78, 5) is 15.8. The highest BCUT2D eigenvalue weighted by molar-refractivity contribution is 5.69. The number of para-hydroxylation sites is 1. The Hall–Kier alpha value is -2.77. The van der Waals surface area contributed by atoms with Crippen molar-refractivity contribution in [2.24, 2.45) is 0 Å². The number of nitrogens with zero attached hydrogens (tertiary/aromatic N) is 2. The Bertz CT molecular complexity index is 720. The van der Waals surface area contributed by atoms with Crippen LogP contribution in [0.2, 0.25) is 0 Å². The van der Waals surface area contributed by atoms with Gasteiger partial charge in [0, 0.05) is 0 Å². The average molecular weight is 319 g/mol. The third-order valence-electron chi connectivity index (χ3n) is 2.89. The molecule has 1 aromatic heterocycles. The second-order valence-electron chi connectivity index (χ2n) is 5.91. The lowest BCUT2D eigenvalue weighted by Gasteiger charge is -2.19. The highest BCUT2D eigenvalue weighted by atomic mass is 16.7. The molecule has 1 aliphatic heterocycles. The van der Waals surface area contributed by atoms with Gasteiger partial charge in [0.25, 0.3) is 0 Å². The van der Waals surface area contributed by atoms with Crippen molar-refractivity contribution in [3.63, 3.8) is 0 Å². The molecule has 0 bridgehead atoms. The smallest absolute Gasteiger partial charge is 0.408 e. The van der Waals surface area contributed by atoms with Crippen LogP contribution in [-0.4, -0.2) is 28.6 Å². The lowest BCUT2D eigenvalue weighted by Crippen LogP contribution is -2.32. The maximum atomic E-state index is 11.6. The summed E-state index contributed by atoms with van der Waals surface area (Å²) < 4.78 is 21.0. The molecule has 1 aromatic carbocycles. The predicted octanol–water partition coefficient (Wildman–Crippen LogP) is 2.49. The third kappa shape index (κ3) is 3.53. The lowest BCUT2D eigenvalue weighted by molar-refractivity contribution is 0.0518. The molecule has 0 saturated carbocycles. The molecule has 8 nitrogen and oxygen atoms in total. The zero-order valence-corrected chi connectivity index (χ0v) is 13.1. The summed E-state index contributed by atoms with van der Waals surface area (Å²) >= 11 is 0. The van der Waals surface area contributed by atoms with E-state index in [1.165, 1.54) is 0 Å². The third-order valence-corrected chi connectivity index (χ3v) is 2.89. The SMILES string of the molecule is CC(C)(C)OC(=O)NCc1nc(-c2cccc3c2OCO3)no1. The quantitative estimate of drug-likeness (QED) is 0.928. The summed E-state index contributed by atoms with van der Waals surface area (Å²) in [6.07, 6.45) is -0.547. The van der Waals surface area contributed by atoms with Gasteiger partial charge >= 0.3 is 6.09 Å². The average Bonchev–Trinajstić information content (AvgIpc) is 3.12. The van der Waals surface area contributed by atoms with E-state index in [4.69, 9.17) is 18.7 Å². The topological polar surface area (TPSA) is 95.7 Å². The summed E-state index contributed by atoms with van der Waals surface area (Å²) in [5, 5.41) is 6.46. The van der Waals surface area contributed by atoms with Crippen molar-refractivity contribution < 1.29 is 23.5 Å². The minimum atomic E-state index is -0.563. The maximum absolute atomic E-state index is 11.6. The van der Waals surface area contributed by atoms with Crippen molar-refractivity contribution >= 4 is 6.09 Å². The van der Waals surface area contributed by atoms with Gasteiger partial charge in [-0.15, -0.1) is 0 Å². The molecular formula is C15H17N3O5. The molecule has 1 N–H and O–H groups in total. The highest BCUT2D eigenvalue weighted by Gasteiger charge is 2.22. The number of rotatable bonds is 3. The van der Waals surface area contributed by atoms with E-state index >= 15 is 0 Å². The van der Waals surface area contributed by atoms with Crippen LogP contribution in [0.1, 0.15) is 26.7 Å². The van der Waals surface area contributed by atoms with E-state index in [1.54, 1.807) is 26.8 Å². The van der Waals surface area contributed by atoms with Crippen LogP contribution in [0.15, 0.2) is 22.7 Å². The van der Waals surface area contributed by atoms with Crippen molar-refractivity contribution in [2.75, 3.05) is 6.79 Å². The second kappa shape index (κ2) is 5.79. The zero-order valence-electron chi connectivity index (χ0n) is 13.1. The number of amides is 1. The van der Waals surface area contributed by atoms with Crippen LogP contribution in [0, 0.1) is 0 Å². The first kappa shape index (κ1) is 15.1. The van der Waals surface area contributed by atoms with E-state index in [0.717, 1.165) is 0 Å². The van der Waals surface area contributed by atoms with Gasteiger partial charge in [0.2, 0.25) is 18.5 Å². The first-order chi connectivity index (χ1) is 10.9. The number of aromatic nitrogens is 2. The normalized spacial score (nSPS) is 13.0. The van der Waals surface area contributed by atoms with E-state index in [2.05, 4.69) is 15.5 Å². The van der Waals surface area contributed by atoms with Crippen molar-refractivity contribution in [2.45, 2.75) is 32.9 Å². The molecule has 0 spiro atoms. The van der Waals surface area contributed by atoms with Crippen LogP contribution in [0.5, 0.6) is 11.5 Å². The molecule has 1 aliphatic rings. The van der Waals surface area contributed by atoms with Crippen molar-refractivity contribution in [1.82, 2.24) is 15.5 Å². The van der Waals surface area contributed by atoms with E-state index in [-0.39, 0.29) is 19.2 Å².